The maximum absolute atomic E-state index is 12.8. The van der Waals surface area contributed by atoms with Crippen LogP contribution in [0.25, 0.3) is 10.2 Å². The fourth-order valence-electron chi connectivity index (χ4n) is 3.12. The summed E-state index contributed by atoms with van der Waals surface area (Å²) in [6, 6.07) is 17.0. The van der Waals surface area contributed by atoms with Crippen LogP contribution >= 0.6 is 34.7 Å². The van der Waals surface area contributed by atoms with Crippen molar-refractivity contribution in [3.8, 4) is 11.5 Å². The van der Waals surface area contributed by atoms with Crippen molar-refractivity contribution in [1.29, 1.82) is 0 Å². The van der Waals surface area contributed by atoms with E-state index in [9.17, 15) is 13.2 Å². The minimum atomic E-state index is -4.13. The maximum Gasteiger partial charge on any atom is 0.339 e. The number of para-hydroxylation sites is 1. The van der Waals surface area contributed by atoms with Gasteiger partial charge in [-0.25, -0.2) is 10.4 Å². The van der Waals surface area contributed by atoms with Crippen LogP contribution in [0.1, 0.15) is 18.1 Å². The van der Waals surface area contributed by atoms with Gasteiger partial charge in [0.25, 0.3) is 5.91 Å². The van der Waals surface area contributed by atoms with E-state index in [2.05, 4.69) is 15.5 Å². The highest BCUT2D eigenvalue weighted by Crippen LogP contribution is 2.38. The van der Waals surface area contributed by atoms with E-state index in [0.717, 1.165) is 20.1 Å². The van der Waals surface area contributed by atoms with Gasteiger partial charge in [-0.05, 0) is 55.8 Å². The molecule has 0 aliphatic carbocycles. The highest BCUT2D eigenvalue weighted by molar-refractivity contribution is 8.01. The Morgan fingerprint density at radius 2 is 1.95 bits per heavy atom. The number of thiazole rings is 1. The number of rotatable bonds is 10. The zero-order valence-electron chi connectivity index (χ0n) is 19.8. The molecule has 12 heteroatoms. The average Bonchev–Trinajstić information content (AvgIpc) is 3.28. The molecule has 0 saturated heterocycles. The van der Waals surface area contributed by atoms with E-state index < -0.39 is 10.1 Å². The number of carbonyl (C=O) groups excluding carboxylic acids is 1. The number of hydrazone groups is 1. The monoisotopic (exact) mass is 575 g/mol. The van der Waals surface area contributed by atoms with E-state index in [4.69, 9.17) is 20.5 Å². The molecule has 0 aliphatic heterocycles. The Hall–Kier alpha value is -3.12. The number of nitrogens with one attached hydrogen (secondary N) is 1. The normalized spacial score (nSPS) is 11.6. The van der Waals surface area contributed by atoms with Crippen LogP contribution < -0.4 is 14.3 Å². The molecule has 4 rings (SSSR count). The van der Waals surface area contributed by atoms with Crippen LogP contribution in [0.2, 0.25) is 5.02 Å². The Balaban J connectivity index is 1.42. The van der Waals surface area contributed by atoms with Crippen molar-refractivity contribution in [2.45, 2.75) is 23.1 Å². The Bertz CT molecular complexity index is 1520. The lowest BCUT2D eigenvalue weighted by Crippen LogP contribution is -2.19. The van der Waals surface area contributed by atoms with E-state index in [1.54, 1.807) is 19.1 Å². The largest absolute Gasteiger partial charge is 0.490 e. The van der Waals surface area contributed by atoms with Crippen molar-refractivity contribution >= 4 is 67.2 Å². The van der Waals surface area contributed by atoms with E-state index in [0.29, 0.717) is 5.56 Å². The Morgan fingerprint density at radius 1 is 1.19 bits per heavy atom. The van der Waals surface area contributed by atoms with Gasteiger partial charge in [0.05, 0.1) is 33.8 Å². The molecule has 0 fully saturated rings. The van der Waals surface area contributed by atoms with Crippen LogP contribution in [-0.4, -0.2) is 37.9 Å². The number of amides is 1. The Kier molecular flexibility index (Phi) is 8.70. The molecule has 0 unspecified atom stereocenters. The third-order valence-corrected chi connectivity index (χ3v) is 8.53. The number of ether oxygens (including phenoxy) is 1. The molecule has 0 atom stereocenters. The molecule has 1 aromatic heterocycles. The number of hydrogen-bond donors (Lipinski definition) is 1. The highest BCUT2D eigenvalue weighted by atomic mass is 35.5. The van der Waals surface area contributed by atoms with E-state index >= 15 is 0 Å². The minimum Gasteiger partial charge on any atom is -0.490 e. The summed E-state index contributed by atoms with van der Waals surface area (Å²) in [6.45, 7) is 3.85. The summed E-state index contributed by atoms with van der Waals surface area (Å²) < 4.78 is 38.3. The van der Waals surface area contributed by atoms with Gasteiger partial charge in [0.15, 0.2) is 10.1 Å². The van der Waals surface area contributed by atoms with E-state index in [-0.39, 0.29) is 39.7 Å². The number of halogens is 1. The number of hydrogen-bond acceptors (Lipinski definition) is 9. The van der Waals surface area contributed by atoms with Gasteiger partial charge in [0.1, 0.15) is 4.90 Å². The average molecular weight is 576 g/mol. The summed E-state index contributed by atoms with van der Waals surface area (Å²) in [7, 11) is -4.13. The predicted molar refractivity (Wildman–Crippen MR) is 148 cm³/mol. The number of benzene rings is 3. The predicted octanol–water partition coefficient (Wildman–Crippen LogP) is 5.67. The van der Waals surface area contributed by atoms with Crippen molar-refractivity contribution < 1.29 is 22.1 Å². The molecular formula is C25H22ClN3O5S3. The molecule has 1 N–H and O–H groups in total. The molecule has 1 heterocycles. The molecular weight excluding hydrogens is 554 g/mol. The molecule has 0 aliphatic rings. The van der Waals surface area contributed by atoms with Crippen molar-refractivity contribution in [3.05, 3.63) is 76.8 Å². The molecule has 192 valence electrons. The molecule has 8 nitrogen and oxygen atoms in total. The number of aryl methyl sites for hydroxylation is 1. The van der Waals surface area contributed by atoms with Crippen LogP contribution in [0.5, 0.6) is 11.5 Å². The van der Waals surface area contributed by atoms with Crippen molar-refractivity contribution in [1.82, 2.24) is 10.4 Å². The molecule has 4 aromatic rings. The third kappa shape index (κ3) is 7.01. The summed E-state index contributed by atoms with van der Waals surface area (Å²) in [5, 5.41) is 3.99. The summed E-state index contributed by atoms with van der Waals surface area (Å²) in [5.41, 5.74) is 4.75. The Morgan fingerprint density at radius 3 is 2.68 bits per heavy atom. The number of nitrogens with zero attached hydrogens (tertiary/aromatic N) is 2. The lowest BCUT2D eigenvalue weighted by Gasteiger charge is -2.14. The first-order valence-corrected chi connectivity index (χ1v) is 14.6. The van der Waals surface area contributed by atoms with Gasteiger partial charge in [-0.3, -0.25) is 4.79 Å². The second kappa shape index (κ2) is 12.0. The standard InChI is InChI=1S/C25H22ClN3O5S3/c1-3-33-21-13-17(12-19(26)24(21)34-37(31,32)18-10-8-16(2)9-11-18)14-27-29-23(30)15-35-25-28-20-6-4-5-7-22(20)36-25/h4-14H,3,15H2,1-2H3,(H,29,30)/b27-14-. The van der Waals surface area contributed by atoms with Gasteiger partial charge in [-0.1, -0.05) is 53.2 Å². The summed E-state index contributed by atoms with van der Waals surface area (Å²) in [5.74, 6) is -0.158. The topological polar surface area (TPSA) is 107 Å². The minimum absolute atomic E-state index is 0.00585. The number of thioether (sulfide) groups is 1. The Labute approximate surface area is 227 Å². The number of aromatic nitrogens is 1. The van der Waals surface area contributed by atoms with Gasteiger partial charge in [0, 0.05) is 0 Å². The van der Waals surface area contributed by atoms with Crippen molar-refractivity contribution in [2.75, 3.05) is 12.4 Å². The van der Waals surface area contributed by atoms with Crippen molar-refractivity contribution in [3.63, 3.8) is 0 Å². The number of carbonyl (C=O) groups is 1. The lowest BCUT2D eigenvalue weighted by atomic mass is 10.2. The fraction of sp³-hybridized carbons (Fsp3) is 0.160. The molecule has 0 bridgehead atoms. The zero-order chi connectivity index (χ0) is 26.4. The second-order valence-electron chi connectivity index (χ2n) is 7.64. The summed E-state index contributed by atoms with van der Waals surface area (Å²) in [4.78, 5) is 16.7. The summed E-state index contributed by atoms with van der Waals surface area (Å²) >= 11 is 9.20. The second-order valence-corrected chi connectivity index (χ2v) is 11.8. The van der Waals surface area contributed by atoms with Gasteiger partial charge >= 0.3 is 10.1 Å². The number of fused-ring (bicyclic) bond motifs is 1. The van der Waals surface area contributed by atoms with Crippen LogP contribution in [0.3, 0.4) is 0 Å². The molecule has 1 amide bonds. The van der Waals surface area contributed by atoms with Gasteiger partial charge in [-0.15, -0.1) is 11.3 Å². The quantitative estimate of drug-likeness (QED) is 0.112. The maximum atomic E-state index is 12.8. The smallest absolute Gasteiger partial charge is 0.339 e. The SMILES string of the molecule is CCOc1cc(/C=N\NC(=O)CSc2nc3ccccc3s2)cc(Cl)c1OS(=O)(=O)c1ccc(C)cc1. The molecule has 0 radical (unpaired) electrons. The third-order valence-electron chi connectivity index (χ3n) is 4.84. The molecule has 0 saturated carbocycles. The summed E-state index contributed by atoms with van der Waals surface area (Å²) in [6.07, 6.45) is 1.38. The van der Waals surface area contributed by atoms with Gasteiger partial charge in [0.2, 0.25) is 5.75 Å². The van der Waals surface area contributed by atoms with Crippen LogP contribution in [0, 0.1) is 6.92 Å². The van der Waals surface area contributed by atoms with Crippen LogP contribution in [0.15, 0.2) is 75.0 Å². The van der Waals surface area contributed by atoms with E-state index in [1.807, 2.05) is 31.2 Å². The van der Waals surface area contributed by atoms with Gasteiger partial charge < -0.3 is 8.92 Å². The van der Waals surface area contributed by atoms with Crippen molar-refractivity contribution in [2.24, 2.45) is 5.10 Å². The first-order chi connectivity index (χ1) is 17.7. The highest BCUT2D eigenvalue weighted by Gasteiger charge is 2.22. The lowest BCUT2D eigenvalue weighted by molar-refractivity contribution is -0.118. The fourth-order valence-corrected chi connectivity index (χ4v) is 6.24. The van der Waals surface area contributed by atoms with Crippen LogP contribution in [0.4, 0.5) is 0 Å². The molecule has 3 aromatic carbocycles. The first kappa shape index (κ1) is 26.9. The van der Waals surface area contributed by atoms with E-state index in [1.165, 1.54) is 53.6 Å². The van der Waals surface area contributed by atoms with Crippen LogP contribution in [-0.2, 0) is 14.9 Å². The zero-order valence-corrected chi connectivity index (χ0v) is 23.0. The molecule has 37 heavy (non-hydrogen) atoms. The van der Waals surface area contributed by atoms with Gasteiger partial charge in [-0.2, -0.15) is 13.5 Å². The molecule has 0 spiro atoms. The first-order valence-electron chi connectivity index (χ1n) is 11.0.